The Morgan fingerprint density at radius 3 is 2.44 bits per heavy atom. The van der Waals surface area contributed by atoms with Gasteiger partial charge in [0.15, 0.2) is 0 Å². The van der Waals surface area contributed by atoms with Gasteiger partial charge in [0.05, 0.1) is 0 Å². The summed E-state index contributed by atoms with van der Waals surface area (Å²) < 4.78 is 13.6. The molecular weight excluding hydrogens is 317 g/mol. The summed E-state index contributed by atoms with van der Waals surface area (Å²) in [5, 5.41) is 2.88. The quantitative estimate of drug-likeness (QED) is 0.927. The number of carbonyl (C=O) groups excluding carboxylic acids is 1. The van der Waals surface area contributed by atoms with Crippen LogP contribution in [0.2, 0.25) is 0 Å². The van der Waals surface area contributed by atoms with Gasteiger partial charge in [0.1, 0.15) is 5.82 Å². The lowest BCUT2D eigenvalue weighted by molar-refractivity contribution is 0.135. The van der Waals surface area contributed by atoms with Gasteiger partial charge in [-0.25, -0.2) is 9.18 Å². The smallest absolute Gasteiger partial charge is 0.317 e. The Bertz CT molecular complexity index is 712. The van der Waals surface area contributed by atoms with Crippen LogP contribution in [-0.2, 0) is 13.1 Å². The summed E-state index contributed by atoms with van der Waals surface area (Å²) in [7, 11) is 0. The normalized spacial score (nSPS) is 15.2. The summed E-state index contributed by atoms with van der Waals surface area (Å²) in [6, 6.07) is 15.3. The lowest BCUT2D eigenvalue weighted by Crippen LogP contribution is -2.51. The molecule has 0 aromatic heterocycles. The van der Waals surface area contributed by atoms with E-state index in [4.69, 9.17) is 0 Å². The van der Waals surface area contributed by atoms with Crippen molar-refractivity contribution >= 4 is 6.03 Å². The molecule has 2 aromatic carbocycles. The second-order valence-corrected chi connectivity index (χ2v) is 6.49. The van der Waals surface area contributed by atoms with Crippen molar-refractivity contribution in [1.82, 2.24) is 15.1 Å². The molecule has 0 unspecified atom stereocenters. The number of halogens is 1. The Labute approximate surface area is 148 Å². The number of nitrogens with zero attached hydrogens (tertiary/aromatic N) is 2. The summed E-state index contributed by atoms with van der Waals surface area (Å²) in [5.74, 6) is -0.235. The fourth-order valence-corrected chi connectivity index (χ4v) is 2.99. The summed E-state index contributed by atoms with van der Waals surface area (Å²) in [6.07, 6.45) is 0. The number of amides is 2. The fourth-order valence-electron chi connectivity index (χ4n) is 2.99. The Morgan fingerprint density at radius 2 is 1.76 bits per heavy atom. The van der Waals surface area contributed by atoms with Crippen LogP contribution < -0.4 is 5.32 Å². The van der Waals surface area contributed by atoms with E-state index < -0.39 is 0 Å². The predicted octanol–water partition coefficient (Wildman–Crippen LogP) is 3.16. The molecule has 1 saturated heterocycles. The zero-order valence-corrected chi connectivity index (χ0v) is 14.5. The zero-order chi connectivity index (χ0) is 17.6. The molecule has 1 aliphatic heterocycles. The number of hydrogen-bond donors (Lipinski definition) is 1. The molecule has 0 bridgehead atoms. The number of nitrogens with one attached hydrogen (secondary N) is 1. The van der Waals surface area contributed by atoms with Crippen LogP contribution in [0.15, 0.2) is 48.5 Å². The first-order valence-electron chi connectivity index (χ1n) is 8.66. The number of aryl methyl sites for hydroxylation is 1. The molecule has 1 N–H and O–H groups in total. The van der Waals surface area contributed by atoms with Crippen LogP contribution in [0.3, 0.4) is 0 Å². The van der Waals surface area contributed by atoms with Crippen LogP contribution in [0.5, 0.6) is 0 Å². The van der Waals surface area contributed by atoms with Gasteiger partial charge in [-0.05, 0) is 29.7 Å². The van der Waals surface area contributed by atoms with Crippen LogP contribution in [0.4, 0.5) is 9.18 Å². The molecular formula is C20H24FN3O. The monoisotopic (exact) mass is 341 g/mol. The minimum Gasteiger partial charge on any atom is -0.334 e. The van der Waals surface area contributed by atoms with Crippen LogP contribution in [0.25, 0.3) is 0 Å². The highest BCUT2D eigenvalue weighted by Gasteiger charge is 2.20. The van der Waals surface area contributed by atoms with E-state index in [9.17, 15) is 9.18 Å². The molecule has 0 spiro atoms. The molecule has 2 amide bonds. The number of hydrogen-bond acceptors (Lipinski definition) is 2. The van der Waals surface area contributed by atoms with Gasteiger partial charge in [-0.15, -0.1) is 0 Å². The van der Waals surface area contributed by atoms with Gasteiger partial charge >= 0.3 is 6.03 Å². The standard InChI is InChI=1S/C20H24FN3O/c1-16-7-8-18(13-19(16)21)14-22-20(25)24-11-9-23(10-12-24)15-17-5-3-2-4-6-17/h2-8,13H,9-12,14-15H2,1H3,(H,22,25). The first kappa shape index (κ1) is 17.4. The number of piperazine rings is 1. The molecule has 3 rings (SSSR count). The van der Waals surface area contributed by atoms with Crippen LogP contribution in [0, 0.1) is 12.7 Å². The van der Waals surface area contributed by atoms with Crippen LogP contribution in [-0.4, -0.2) is 42.0 Å². The van der Waals surface area contributed by atoms with E-state index in [2.05, 4.69) is 22.3 Å². The Balaban J connectivity index is 1.44. The third kappa shape index (κ3) is 4.79. The molecule has 0 aliphatic carbocycles. The molecule has 0 radical (unpaired) electrons. The Hall–Kier alpha value is -2.40. The van der Waals surface area contributed by atoms with Crippen molar-refractivity contribution in [3.05, 3.63) is 71.0 Å². The van der Waals surface area contributed by atoms with Crippen molar-refractivity contribution in [2.45, 2.75) is 20.0 Å². The molecule has 0 atom stereocenters. The van der Waals surface area contributed by atoms with Crippen LogP contribution >= 0.6 is 0 Å². The average molecular weight is 341 g/mol. The van der Waals surface area contributed by atoms with E-state index >= 15 is 0 Å². The van der Waals surface area contributed by atoms with Crippen molar-refractivity contribution in [1.29, 1.82) is 0 Å². The van der Waals surface area contributed by atoms with Gasteiger partial charge in [-0.2, -0.15) is 0 Å². The first-order valence-corrected chi connectivity index (χ1v) is 8.66. The highest BCUT2D eigenvalue weighted by atomic mass is 19.1. The molecule has 1 aliphatic rings. The lowest BCUT2D eigenvalue weighted by atomic mass is 10.1. The third-order valence-corrected chi connectivity index (χ3v) is 4.59. The van der Waals surface area contributed by atoms with Gasteiger partial charge in [-0.3, -0.25) is 4.90 Å². The second-order valence-electron chi connectivity index (χ2n) is 6.49. The number of benzene rings is 2. The molecule has 4 nitrogen and oxygen atoms in total. The van der Waals surface area contributed by atoms with Crippen molar-refractivity contribution in [3.63, 3.8) is 0 Å². The predicted molar refractivity (Wildman–Crippen MR) is 96.7 cm³/mol. The lowest BCUT2D eigenvalue weighted by Gasteiger charge is -2.34. The maximum Gasteiger partial charge on any atom is 0.317 e. The molecule has 1 fully saturated rings. The molecule has 2 aromatic rings. The van der Waals surface area contributed by atoms with E-state index in [1.54, 1.807) is 13.0 Å². The van der Waals surface area contributed by atoms with Crippen molar-refractivity contribution < 1.29 is 9.18 Å². The summed E-state index contributed by atoms with van der Waals surface area (Å²) in [5.41, 5.74) is 2.69. The van der Waals surface area contributed by atoms with E-state index in [0.717, 1.165) is 25.2 Å². The van der Waals surface area contributed by atoms with Gasteiger partial charge in [0.25, 0.3) is 0 Å². The average Bonchev–Trinajstić information content (AvgIpc) is 2.64. The summed E-state index contributed by atoms with van der Waals surface area (Å²) in [6.45, 7) is 6.14. The fraction of sp³-hybridized carbons (Fsp3) is 0.350. The third-order valence-electron chi connectivity index (χ3n) is 4.59. The number of rotatable bonds is 4. The van der Waals surface area contributed by atoms with E-state index in [-0.39, 0.29) is 11.8 Å². The van der Waals surface area contributed by atoms with Crippen molar-refractivity contribution in [2.24, 2.45) is 0 Å². The maximum absolute atomic E-state index is 13.6. The van der Waals surface area contributed by atoms with Crippen molar-refractivity contribution in [2.75, 3.05) is 26.2 Å². The van der Waals surface area contributed by atoms with Gasteiger partial charge < -0.3 is 10.2 Å². The van der Waals surface area contributed by atoms with Crippen LogP contribution in [0.1, 0.15) is 16.7 Å². The van der Waals surface area contributed by atoms with Gasteiger partial charge in [0, 0.05) is 39.3 Å². The van der Waals surface area contributed by atoms with E-state index in [1.807, 2.05) is 29.2 Å². The molecule has 1 heterocycles. The SMILES string of the molecule is Cc1ccc(CNC(=O)N2CCN(Cc3ccccc3)CC2)cc1F. The Kier molecular flexibility index (Phi) is 5.66. The summed E-state index contributed by atoms with van der Waals surface area (Å²) >= 11 is 0. The minimum atomic E-state index is -0.235. The molecule has 5 heteroatoms. The summed E-state index contributed by atoms with van der Waals surface area (Å²) in [4.78, 5) is 16.5. The second kappa shape index (κ2) is 8.12. The number of urea groups is 1. The molecule has 0 saturated carbocycles. The molecule has 132 valence electrons. The minimum absolute atomic E-state index is 0.0830. The maximum atomic E-state index is 13.6. The number of carbonyl (C=O) groups is 1. The highest BCUT2D eigenvalue weighted by molar-refractivity contribution is 5.74. The first-order chi connectivity index (χ1) is 12.1. The van der Waals surface area contributed by atoms with Gasteiger partial charge in [0.2, 0.25) is 0 Å². The Morgan fingerprint density at radius 1 is 1.04 bits per heavy atom. The zero-order valence-electron chi connectivity index (χ0n) is 14.5. The largest absolute Gasteiger partial charge is 0.334 e. The van der Waals surface area contributed by atoms with E-state index in [1.165, 1.54) is 11.6 Å². The molecule has 25 heavy (non-hydrogen) atoms. The van der Waals surface area contributed by atoms with Gasteiger partial charge in [-0.1, -0.05) is 42.5 Å². The topological polar surface area (TPSA) is 35.6 Å². The van der Waals surface area contributed by atoms with E-state index in [0.29, 0.717) is 25.2 Å². The highest BCUT2D eigenvalue weighted by Crippen LogP contribution is 2.10. The van der Waals surface area contributed by atoms with Crippen molar-refractivity contribution in [3.8, 4) is 0 Å².